The van der Waals surface area contributed by atoms with Gasteiger partial charge in [-0.25, -0.2) is 18.8 Å². The molecular formula is C25H21F2N4O2. The number of anilines is 1. The van der Waals surface area contributed by atoms with Crippen molar-refractivity contribution in [3.63, 3.8) is 0 Å². The van der Waals surface area contributed by atoms with Gasteiger partial charge in [0.05, 0.1) is 18.5 Å². The number of aliphatic imine (C=N–C) groups is 1. The summed E-state index contributed by atoms with van der Waals surface area (Å²) in [6.45, 7) is 5.07. The van der Waals surface area contributed by atoms with Crippen LogP contribution in [0.1, 0.15) is 13.8 Å². The minimum atomic E-state index is -0.856. The van der Waals surface area contributed by atoms with Crippen LogP contribution in [0.4, 0.5) is 14.5 Å². The number of aromatic nitrogens is 2. The lowest BCUT2D eigenvalue weighted by Gasteiger charge is -2.28. The average Bonchev–Trinajstić information content (AvgIpc) is 3.23. The van der Waals surface area contributed by atoms with Gasteiger partial charge in [-0.2, -0.15) is 0 Å². The SMILES string of the molecule is CC1(C)CN=C(Nc2cc(F)c(Oc3ccnc4[nH]cc(-c5cc[c]cc5)c34)c(F)c2)OC1. The molecule has 1 aliphatic rings. The van der Waals surface area contributed by atoms with Crippen LogP contribution in [0.5, 0.6) is 11.5 Å². The highest BCUT2D eigenvalue weighted by Crippen LogP contribution is 2.38. The van der Waals surface area contributed by atoms with E-state index in [1.54, 1.807) is 24.4 Å². The second-order valence-corrected chi connectivity index (χ2v) is 8.59. The number of nitrogens with one attached hydrogen (secondary N) is 2. The number of nitrogens with zero attached hydrogens (tertiary/aromatic N) is 2. The van der Waals surface area contributed by atoms with Gasteiger partial charge >= 0.3 is 0 Å². The molecule has 1 radical (unpaired) electrons. The zero-order chi connectivity index (χ0) is 23.0. The highest BCUT2D eigenvalue weighted by molar-refractivity contribution is 5.98. The van der Waals surface area contributed by atoms with E-state index < -0.39 is 17.4 Å². The molecule has 2 N–H and O–H groups in total. The second kappa shape index (κ2) is 8.20. The number of rotatable bonds is 4. The molecular weight excluding hydrogens is 426 g/mol. The Morgan fingerprint density at radius 3 is 2.61 bits per heavy atom. The number of pyridine rings is 1. The van der Waals surface area contributed by atoms with Gasteiger partial charge in [0, 0.05) is 41.2 Å². The van der Waals surface area contributed by atoms with E-state index in [1.807, 2.05) is 26.0 Å². The summed E-state index contributed by atoms with van der Waals surface area (Å²) in [5.41, 5.74) is 2.35. The van der Waals surface area contributed by atoms with E-state index in [-0.39, 0.29) is 22.9 Å². The summed E-state index contributed by atoms with van der Waals surface area (Å²) in [5.74, 6) is -1.93. The van der Waals surface area contributed by atoms with Crippen molar-refractivity contribution in [1.82, 2.24) is 9.97 Å². The zero-order valence-corrected chi connectivity index (χ0v) is 18.1. The number of H-pyrrole nitrogens is 1. The molecule has 33 heavy (non-hydrogen) atoms. The van der Waals surface area contributed by atoms with Gasteiger partial charge in [-0.3, -0.25) is 0 Å². The zero-order valence-electron chi connectivity index (χ0n) is 18.1. The maximum Gasteiger partial charge on any atom is 0.289 e. The Kier molecular flexibility index (Phi) is 5.20. The van der Waals surface area contributed by atoms with Gasteiger partial charge in [0.1, 0.15) is 11.4 Å². The van der Waals surface area contributed by atoms with Crippen LogP contribution in [0.3, 0.4) is 0 Å². The first-order valence-electron chi connectivity index (χ1n) is 10.4. The highest BCUT2D eigenvalue weighted by atomic mass is 19.1. The summed E-state index contributed by atoms with van der Waals surface area (Å²) in [7, 11) is 0. The first-order chi connectivity index (χ1) is 15.9. The summed E-state index contributed by atoms with van der Waals surface area (Å²) in [4.78, 5) is 11.7. The highest BCUT2D eigenvalue weighted by Gasteiger charge is 2.25. The fourth-order valence-electron chi connectivity index (χ4n) is 3.59. The van der Waals surface area contributed by atoms with Crippen LogP contribution in [0, 0.1) is 23.1 Å². The maximum absolute atomic E-state index is 14.9. The van der Waals surface area contributed by atoms with Crippen LogP contribution in [-0.4, -0.2) is 29.1 Å². The van der Waals surface area contributed by atoms with E-state index in [0.717, 1.165) is 23.3 Å². The smallest absolute Gasteiger partial charge is 0.289 e. The third-order valence-corrected chi connectivity index (χ3v) is 5.28. The summed E-state index contributed by atoms with van der Waals surface area (Å²) in [6.07, 6.45) is 3.30. The number of aromatic amines is 1. The van der Waals surface area contributed by atoms with Gasteiger partial charge < -0.3 is 19.8 Å². The average molecular weight is 447 g/mol. The molecule has 167 valence electrons. The topological polar surface area (TPSA) is 71.5 Å². The Hall–Kier alpha value is -3.94. The van der Waals surface area contributed by atoms with Gasteiger partial charge in [-0.1, -0.05) is 38.1 Å². The molecule has 2 aromatic carbocycles. The monoisotopic (exact) mass is 447 g/mol. The third kappa shape index (κ3) is 4.24. The molecule has 0 saturated heterocycles. The number of hydrogen-bond acceptors (Lipinski definition) is 5. The van der Waals surface area contributed by atoms with Crippen molar-refractivity contribution >= 4 is 22.7 Å². The summed E-state index contributed by atoms with van der Waals surface area (Å²) >= 11 is 0. The summed E-state index contributed by atoms with van der Waals surface area (Å²) < 4.78 is 41.1. The lowest BCUT2D eigenvalue weighted by molar-refractivity contribution is 0.156. The number of amidine groups is 1. The molecule has 6 nitrogen and oxygen atoms in total. The Balaban J connectivity index is 1.46. The molecule has 2 aromatic heterocycles. The molecule has 8 heteroatoms. The van der Waals surface area contributed by atoms with Crippen LogP contribution < -0.4 is 10.1 Å². The fourth-order valence-corrected chi connectivity index (χ4v) is 3.59. The standard InChI is InChI=1S/C25H21F2N4O2/c1-25(2)13-30-24(32-14-25)31-16-10-18(26)22(19(27)11-16)33-20-8-9-28-23-21(20)17(12-29-23)15-6-4-3-5-7-15/h4-12H,13-14H2,1-2H3,(H,28,29)(H,30,31). The first kappa shape index (κ1) is 20.9. The summed E-state index contributed by atoms with van der Waals surface area (Å²) in [5, 5.41) is 3.44. The molecule has 0 saturated carbocycles. The Labute approximate surface area is 189 Å². The van der Waals surface area contributed by atoms with Crippen molar-refractivity contribution in [3.8, 4) is 22.6 Å². The van der Waals surface area contributed by atoms with Crippen LogP contribution in [-0.2, 0) is 4.74 Å². The minimum absolute atomic E-state index is 0.0790. The predicted molar refractivity (Wildman–Crippen MR) is 122 cm³/mol. The van der Waals surface area contributed by atoms with E-state index in [0.29, 0.717) is 24.2 Å². The number of benzene rings is 2. The van der Waals surface area contributed by atoms with Crippen molar-refractivity contribution in [2.45, 2.75) is 13.8 Å². The number of fused-ring (bicyclic) bond motifs is 1. The summed E-state index contributed by atoms with van der Waals surface area (Å²) in [6, 6.07) is 14.4. The van der Waals surface area contributed by atoms with Gasteiger partial charge in [0.2, 0.25) is 0 Å². The van der Waals surface area contributed by atoms with Crippen LogP contribution >= 0.6 is 0 Å². The van der Waals surface area contributed by atoms with Gasteiger partial charge in [0.15, 0.2) is 17.4 Å². The fraction of sp³-hybridized carbons (Fsp3) is 0.200. The Morgan fingerprint density at radius 2 is 1.91 bits per heavy atom. The van der Waals surface area contributed by atoms with E-state index in [1.165, 1.54) is 6.20 Å². The van der Waals surface area contributed by atoms with Crippen molar-refractivity contribution in [2.75, 3.05) is 18.5 Å². The number of hydrogen-bond donors (Lipinski definition) is 2. The van der Waals surface area contributed by atoms with Gasteiger partial charge in [-0.05, 0) is 17.7 Å². The van der Waals surface area contributed by atoms with Crippen molar-refractivity contribution in [1.29, 1.82) is 0 Å². The van der Waals surface area contributed by atoms with Crippen LogP contribution in [0.25, 0.3) is 22.2 Å². The van der Waals surface area contributed by atoms with Crippen LogP contribution in [0.2, 0.25) is 0 Å². The molecule has 0 spiro atoms. The third-order valence-electron chi connectivity index (χ3n) is 5.28. The minimum Gasteiger partial charge on any atom is -0.464 e. The molecule has 4 aromatic rings. The lowest BCUT2D eigenvalue weighted by atomic mass is 9.95. The Bertz CT molecular complexity index is 1330. The Morgan fingerprint density at radius 1 is 1.15 bits per heavy atom. The van der Waals surface area contributed by atoms with Crippen molar-refractivity contribution < 1.29 is 18.3 Å². The molecule has 0 amide bonds. The van der Waals surface area contributed by atoms with Crippen LogP contribution in [0.15, 0.2) is 59.9 Å². The van der Waals surface area contributed by atoms with E-state index in [4.69, 9.17) is 9.47 Å². The lowest BCUT2D eigenvalue weighted by Crippen LogP contribution is -2.33. The molecule has 0 atom stereocenters. The first-order valence-corrected chi connectivity index (χ1v) is 10.4. The second-order valence-electron chi connectivity index (χ2n) is 8.59. The normalized spacial score (nSPS) is 15.1. The van der Waals surface area contributed by atoms with E-state index in [2.05, 4.69) is 26.3 Å². The number of ether oxygens (including phenoxy) is 2. The molecule has 0 bridgehead atoms. The van der Waals surface area contributed by atoms with E-state index >= 15 is 0 Å². The molecule has 0 aliphatic carbocycles. The van der Waals surface area contributed by atoms with Gasteiger partial charge in [-0.15, -0.1) is 0 Å². The van der Waals surface area contributed by atoms with E-state index in [9.17, 15) is 8.78 Å². The molecule has 5 rings (SSSR count). The molecule has 0 unspecified atom stereocenters. The molecule has 3 heterocycles. The quantitative estimate of drug-likeness (QED) is 0.407. The molecule has 1 aliphatic heterocycles. The van der Waals surface area contributed by atoms with Crippen molar-refractivity contribution in [2.24, 2.45) is 10.4 Å². The van der Waals surface area contributed by atoms with Gasteiger partial charge in [0.25, 0.3) is 6.02 Å². The van der Waals surface area contributed by atoms with Crippen molar-refractivity contribution in [3.05, 3.63) is 72.6 Å². The molecule has 0 fully saturated rings. The predicted octanol–water partition coefficient (Wildman–Crippen LogP) is 5.92. The maximum atomic E-state index is 14.9. The largest absolute Gasteiger partial charge is 0.464 e. The number of halogens is 2.